The van der Waals surface area contributed by atoms with E-state index < -0.39 is 0 Å². The molecular formula is C11H22N2. The summed E-state index contributed by atoms with van der Waals surface area (Å²) in [6.45, 7) is 8.83. The van der Waals surface area contributed by atoms with Crippen molar-refractivity contribution >= 4 is 0 Å². The topological polar surface area (TPSA) is 35.8 Å². The molecule has 0 bridgehead atoms. The molecule has 0 aromatic rings. The van der Waals surface area contributed by atoms with E-state index in [1.165, 1.54) is 12.8 Å². The first kappa shape index (κ1) is 12.4. The van der Waals surface area contributed by atoms with E-state index in [1.54, 1.807) is 0 Å². The Hall–Kier alpha value is -0.550. The van der Waals surface area contributed by atoms with Crippen molar-refractivity contribution in [3.63, 3.8) is 0 Å². The summed E-state index contributed by atoms with van der Waals surface area (Å²) in [6.07, 6.45) is 4.14. The zero-order valence-corrected chi connectivity index (χ0v) is 9.19. The van der Waals surface area contributed by atoms with Gasteiger partial charge in [-0.2, -0.15) is 5.26 Å². The Bertz CT molecular complexity index is 156. The molecule has 0 unspecified atom stereocenters. The van der Waals surface area contributed by atoms with Crippen LogP contribution in [-0.4, -0.2) is 13.1 Å². The van der Waals surface area contributed by atoms with E-state index in [0.717, 1.165) is 19.5 Å². The summed E-state index contributed by atoms with van der Waals surface area (Å²) >= 11 is 0. The quantitative estimate of drug-likeness (QED) is 0.614. The minimum absolute atomic E-state index is 0.404. The monoisotopic (exact) mass is 182 g/mol. The molecule has 0 aromatic carbocycles. The van der Waals surface area contributed by atoms with Crippen LogP contribution in [0.15, 0.2) is 0 Å². The van der Waals surface area contributed by atoms with Gasteiger partial charge in [0.1, 0.15) is 0 Å². The Morgan fingerprint density at radius 1 is 1.38 bits per heavy atom. The van der Waals surface area contributed by atoms with Gasteiger partial charge in [0.2, 0.25) is 0 Å². The van der Waals surface area contributed by atoms with Crippen molar-refractivity contribution in [1.29, 1.82) is 5.26 Å². The van der Waals surface area contributed by atoms with Crippen molar-refractivity contribution in [3.05, 3.63) is 0 Å². The van der Waals surface area contributed by atoms with Crippen molar-refractivity contribution in [1.82, 2.24) is 5.32 Å². The molecule has 0 rings (SSSR count). The minimum atomic E-state index is 0.404. The number of nitrogens with zero attached hydrogens (tertiary/aromatic N) is 1. The van der Waals surface area contributed by atoms with Gasteiger partial charge in [0.05, 0.1) is 6.07 Å². The van der Waals surface area contributed by atoms with E-state index in [1.807, 2.05) is 0 Å². The standard InChI is InChI=1S/C11H22N2/c1-4-7-11(2,3)10-13-9-6-5-8-12/h13H,4-7,9-10H2,1-3H3. The number of nitrogens with one attached hydrogen (secondary N) is 1. The van der Waals surface area contributed by atoms with Crippen molar-refractivity contribution < 1.29 is 0 Å². The number of hydrogen-bond donors (Lipinski definition) is 1. The molecule has 0 heterocycles. The Balaban J connectivity index is 3.36. The second kappa shape index (κ2) is 6.91. The van der Waals surface area contributed by atoms with Crippen LogP contribution < -0.4 is 5.32 Å². The maximum atomic E-state index is 8.33. The molecule has 0 aliphatic carbocycles. The van der Waals surface area contributed by atoms with Crippen LogP contribution in [0, 0.1) is 16.7 Å². The van der Waals surface area contributed by atoms with E-state index in [4.69, 9.17) is 5.26 Å². The van der Waals surface area contributed by atoms with Gasteiger partial charge < -0.3 is 5.32 Å². The van der Waals surface area contributed by atoms with Crippen LogP contribution >= 0.6 is 0 Å². The summed E-state index contributed by atoms with van der Waals surface area (Å²) in [4.78, 5) is 0. The molecule has 0 fully saturated rings. The van der Waals surface area contributed by atoms with E-state index in [0.29, 0.717) is 11.8 Å². The fraction of sp³-hybridized carbons (Fsp3) is 0.909. The maximum absolute atomic E-state index is 8.33. The van der Waals surface area contributed by atoms with Crippen LogP contribution in [-0.2, 0) is 0 Å². The zero-order valence-electron chi connectivity index (χ0n) is 9.19. The number of nitriles is 1. The molecule has 0 aromatic heterocycles. The zero-order chi connectivity index (χ0) is 10.2. The molecule has 0 radical (unpaired) electrons. The second-order valence-electron chi connectivity index (χ2n) is 4.35. The summed E-state index contributed by atoms with van der Waals surface area (Å²) in [5.74, 6) is 0. The molecule has 0 atom stereocenters. The minimum Gasteiger partial charge on any atom is -0.316 e. The molecule has 0 aliphatic heterocycles. The van der Waals surface area contributed by atoms with Gasteiger partial charge in [0.25, 0.3) is 0 Å². The average molecular weight is 182 g/mol. The molecule has 0 aliphatic rings. The van der Waals surface area contributed by atoms with E-state index >= 15 is 0 Å². The van der Waals surface area contributed by atoms with Crippen LogP contribution in [0.2, 0.25) is 0 Å². The van der Waals surface area contributed by atoms with Crippen LogP contribution in [0.4, 0.5) is 0 Å². The summed E-state index contributed by atoms with van der Waals surface area (Å²) < 4.78 is 0. The van der Waals surface area contributed by atoms with Gasteiger partial charge >= 0.3 is 0 Å². The molecule has 0 saturated carbocycles. The van der Waals surface area contributed by atoms with Crippen molar-refractivity contribution in [2.24, 2.45) is 5.41 Å². The fourth-order valence-corrected chi connectivity index (χ4v) is 1.48. The molecule has 76 valence electrons. The highest BCUT2D eigenvalue weighted by Gasteiger charge is 2.14. The maximum Gasteiger partial charge on any atom is 0.0622 e. The number of rotatable bonds is 7. The van der Waals surface area contributed by atoms with Crippen LogP contribution in [0.25, 0.3) is 0 Å². The molecule has 0 saturated heterocycles. The van der Waals surface area contributed by atoms with Crippen molar-refractivity contribution in [2.75, 3.05) is 13.1 Å². The lowest BCUT2D eigenvalue weighted by Gasteiger charge is -2.24. The molecule has 2 nitrogen and oxygen atoms in total. The molecular weight excluding hydrogens is 160 g/mol. The average Bonchev–Trinajstić information content (AvgIpc) is 2.04. The highest BCUT2D eigenvalue weighted by molar-refractivity contribution is 4.72. The predicted octanol–water partition coefficient (Wildman–Crippen LogP) is 2.71. The fourth-order valence-electron chi connectivity index (χ4n) is 1.48. The first-order valence-electron chi connectivity index (χ1n) is 5.20. The van der Waals surface area contributed by atoms with E-state index in [9.17, 15) is 0 Å². The van der Waals surface area contributed by atoms with Gasteiger partial charge in [0, 0.05) is 13.0 Å². The lowest BCUT2D eigenvalue weighted by Crippen LogP contribution is -2.29. The smallest absolute Gasteiger partial charge is 0.0622 e. The highest BCUT2D eigenvalue weighted by atomic mass is 14.9. The summed E-state index contributed by atoms with van der Waals surface area (Å²) in [6, 6.07) is 2.15. The summed E-state index contributed by atoms with van der Waals surface area (Å²) in [5.41, 5.74) is 0.404. The Kier molecular flexibility index (Phi) is 6.62. The van der Waals surface area contributed by atoms with Gasteiger partial charge in [-0.15, -0.1) is 0 Å². The predicted molar refractivity (Wildman–Crippen MR) is 56.4 cm³/mol. The normalized spacial score (nSPS) is 11.2. The van der Waals surface area contributed by atoms with Crippen LogP contribution in [0.1, 0.15) is 46.5 Å². The third kappa shape index (κ3) is 7.80. The lowest BCUT2D eigenvalue weighted by molar-refractivity contribution is 0.311. The first-order chi connectivity index (χ1) is 6.12. The highest BCUT2D eigenvalue weighted by Crippen LogP contribution is 2.20. The Morgan fingerprint density at radius 3 is 2.62 bits per heavy atom. The van der Waals surface area contributed by atoms with Gasteiger partial charge in [0.15, 0.2) is 0 Å². The van der Waals surface area contributed by atoms with Crippen molar-refractivity contribution in [2.45, 2.75) is 46.5 Å². The number of unbranched alkanes of at least 4 members (excludes halogenated alkanes) is 1. The SMILES string of the molecule is CCCC(C)(C)CNCCCC#N. The molecule has 0 amide bonds. The summed E-state index contributed by atoms with van der Waals surface area (Å²) in [7, 11) is 0. The molecule has 0 spiro atoms. The number of hydrogen-bond acceptors (Lipinski definition) is 2. The third-order valence-corrected chi connectivity index (χ3v) is 2.17. The molecule has 2 heteroatoms. The van der Waals surface area contributed by atoms with Crippen molar-refractivity contribution in [3.8, 4) is 6.07 Å². The van der Waals surface area contributed by atoms with Crippen LogP contribution in [0.5, 0.6) is 0 Å². The van der Waals surface area contributed by atoms with E-state index in [-0.39, 0.29) is 0 Å². The first-order valence-corrected chi connectivity index (χ1v) is 5.20. The van der Waals surface area contributed by atoms with E-state index in [2.05, 4.69) is 32.2 Å². The lowest BCUT2D eigenvalue weighted by atomic mass is 9.88. The Labute approximate surface area is 82.3 Å². The Morgan fingerprint density at radius 2 is 2.08 bits per heavy atom. The largest absolute Gasteiger partial charge is 0.316 e. The van der Waals surface area contributed by atoms with Gasteiger partial charge in [-0.25, -0.2) is 0 Å². The molecule has 1 N–H and O–H groups in total. The van der Waals surface area contributed by atoms with Gasteiger partial charge in [-0.05, 0) is 24.8 Å². The second-order valence-corrected chi connectivity index (χ2v) is 4.35. The van der Waals surface area contributed by atoms with Gasteiger partial charge in [-0.1, -0.05) is 27.2 Å². The summed E-state index contributed by atoms with van der Waals surface area (Å²) in [5, 5.41) is 11.7. The third-order valence-electron chi connectivity index (χ3n) is 2.17. The van der Waals surface area contributed by atoms with Crippen LogP contribution in [0.3, 0.4) is 0 Å². The molecule has 13 heavy (non-hydrogen) atoms. The van der Waals surface area contributed by atoms with Gasteiger partial charge in [-0.3, -0.25) is 0 Å².